The summed E-state index contributed by atoms with van der Waals surface area (Å²) < 4.78 is 10.4. The molecule has 0 spiro atoms. The summed E-state index contributed by atoms with van der Waals surface area (Å²) in [5.74, 6) is 0.237. The molecule has 1 heterocycles. The van der Waals surface area contributed by atoms with Gasteiger partial charge >= 0.3 is 0 Å². The maximum atomic E-state index is 11.7. The van der Waals surface area contributed by atoms with Gasteiger partial charge < -0.3 is 9.15 Å². The Balaban J connectivity index is 1.66. The van der Waals surface area contributed by atoms with E-state index in [9.17, 15) is 9.59 Å². The summed E-state index contributed by atoms with van der Waals surface area (Å²) in [5, 5.41) is 2.34. The number of ether oxygens (including phenoxy) is 1. The number of benzene rings is 1. The summed E-state index contributed by atoms with van der Waals surface area (Å²) in [4.78, 5) is 23.4. The molecule has 0 atom stereocenters. The normalized spacial score (nSPS) is 10.3. The molecule has 2 aromatic rings. The first kappa shape index (κ1) is 19.2. The van der Waals surface area contributed by atoms with E-state index in [0.29, 0.717) is 11.5 Å². The Morgan fingerprint density at radius 3 is 2.62 bits per heavy atom. The molecule has 0 aliphatic heterocycles. The number of amides is 2. The highest BCUT2D eigenvalue weighted by atomic mass is 32.1. The predicted molar refractivity (Wildman–Crippen MR) is 101 cm³/mol. The van der Waals surface area contributed by atoms with Crippen molar-refractivity contribution in [2.45, 2.75) is 13.3 Å². The number of hydrazine groups is 1. The molecule has 3 N–H and O–H groups in total. The van der Waals surface area contributed by atoms with Gasteiger partial charge in [0.15, 0.2) is 11.7 Å². The van der Waals surface area contributed by atoms with Crippen LogP contribution in [0.4, 0.5) is 0 Å². The van der Waals surface area contributed by atoms with Gasteiger partial charge in [0.2, 0.25) is 5.91 Å². The second-order valence-corrected chi connectivity index (χ2v) is 5.53. The van der Waals surface area contributed by atoms with Crippen molar-refractivity contribution in [1.29, 1.82) is 0 Å². The molecule has 0 aliphatic carbocycles. The van der Waals surface area contributed by atoms with E-state index in [-0.39, 0.29) is 11.7 Å². The number of carbonyl (C=O) groups is 2. The number of thiocarbonyl (C=S) groups is 1. The molecule has 0 radical (unpaired) electrons. The zero-order valence-corrected chi connectivity index (χ0v) is 15.0. The van der Waals surface area contributed by atoms with Crippen molar-refractivity contribution in [1.82, 2.24) is 16.2 Å². The van der Waals surface area contributed by atoms with Crippen LogP contribution in [0, 0.1) is 0 Å². The topological polar surface area (TPSA) is 92.6 Å². The number of aryl methyl sites for hydroxylation is 1. The zero-order chi connectivity index (χ0) is 18.8. The van der Waals surface area contributed by atoms with E-state index in [0.717, 1.165) is 6.42 Å². The average molecular weight is 373 g/mol. The highest BCUT2D eigenvalue weighted by molar-refractivity contribution is 7.80. The second-order valence-electron chi connectivity index (χ2n) is 5.13. The smallest absolute Gasteiger partial charge is 0.276 e. The van der Waals surface area contributed by atoms with Gasteiger partial charge in [-0.3, -0.25) is 25.8 Å². The second kappa shape index (κ2) is 10.00. The lowest BCUT2D eigenvalue weighted by atomic mass is 10.2. The molecule has 0 unspecified atom stereocenters. The van der Waals surface area contributed by atoms with E-state index in [2.05, 4.69) is 23.1 Å². The minimum Gasteiger partial charge on any atom is -0.484 e. The maximum Gasteiger partial charge on any atom is 0.276 e. The molecule has 0 saturated carbocycles. The molecule has 0 aliphatic rings. The molecule has 0 bridgehead atoms. The summed E-state index contributed by atoms with van der Waals surface area (Å²) in [6, 6.07) is 10.9. The van der Waals surface area contributed by atoms with Crippen LogP contribution in [0.1, 0.15) is 18.2 Å². The van der Waals surface area contributed by atoms with Crippen LogP contribution >= 0.6 is 12.2 Å². The van der Waals surface area contributed by atoms with Gasteiger partial charge in [0, 0.05) is 6.08 Å². The van der Waals surface area contributed by atoms with E-state index < -0.39 is 11.8 Å². The molecule has 1 aromatic carbocycles. The van der Waals surface area contributed by atoms with Gasteiger partial charge in [-0.1, -0.05) is 19.1 Å². The molecule has 0 fully saturated rings. The van der Waals surface area contributed by atoms with Gasteiger partial charge in [-0.15, -0.1) is 0 Å². The summed E-state index contributed by atoms with van der Waals surface area (Å²) in [6.07, 6.45) is 5.19. The van der Waals surface area contributed by atoms with Crippen LogP contribution in [-0.2, 0) is 16.0 Å². The van der Waals surface area contributed by atoms with Crippen molar-refractivity contribution in [2.24, 2.45) is 0 Å². The number of hydrogen-bond donors (Lipinski definition) is 3. The lowest BCUT2D eigenvalue weighted by Gasteiger charge is -2.10. The fourth-order valence-electron chi connectivity index (χ4n) is 1.86. The minimum atomic E-state index is -0.458. The number of nitrogens with one attached hydrogen (secondary N) is 3. The first-order chi connectivity index (χ1) is 12.6. The lowest BCUT2D eigenvalue weighted by Crippen LogP contribution is -2.49. The van der Waals surface area contributed by atoms with Crippen molar-refractivity contribution in [3.05, 3.63) is 60.1 Å². The Bertz CT molecular complexity index is 770. The van der Waals surface area contributed by atoms with Crippen LogP contribution in [0.5, 0.6) is 5.75 Å². The molecule has 8 heteroatoms. The molecule has 7 nitrogen and oxygen atoms in total. The van der Waals surface area contributed by atoms with Gasteiger partial charge in [0.05, 0.1) is 6.26 Å². The third kappa shape index (κ3) is 6.78. The van der Waals surface area contributed by atoms with E-state index in [4.69, 9.17) is 21.4 Å². The molecule has 26 heavy (non-hydrogen) atoms. The molecular weight excluding hydrogens is 354 g/mol. The highest BCUT2D eigenvalue weighted by Crippen LogP contribution is 2.12. The van der Waals surface area contributed by atoms with Crippen molar-refractivity contribution >= 4 is 35.2 Å². The third-order valence-electron chi connectivity index (χ3n) is 3.20. The van der Waals surface area contributed by atoms with E-state index in [1.807, 2.05) is 12.1 Å². The van der Waals surface area contributed by atoms with Crippen molar-refractivity contribution in [2.75, 3.05) is 6.61 Å². The van der Waals surface area contributed by atoms with E-state index in [1.165, 1.54) is 24.0 Å². The largest absolute Gasteiger partial charge is 0.484 e. The van der Waals surface area contributed by atoms with Crippen LogP contribution in [0.3, 0.4) is 0 Å². The number of furan rings is 1. The third-order valence-corrected chi connectivity index (χ3v) is 3.40. The van der Waals surface area contributed by atoms with Gasteiger partial charge in [0.1, 0.15) is 11.5 Å². The van der Waals surface area contributed by atoms with E-state index >= 15 is 0 Å². The predicted octanol–water partition coefficient (Wildman–Crippen LogP) is 1.96. The van der Waals surface area contributed by atoms with E-state index in [1.54, 1.807) is 24.3 Å². The molecule has 1 aromatic heterocycles. The Morgan fingerprint density at radius 2 is 1.96 bits per heavy atom. The first-order valence-corrected chi connectivity index (χ1v) is 8.30. The van der Waals surface area contributed by atoms with Crippen LogP contribution in [0.25, 0.3) is 6.08 Å². The van der Waals surface area contributed by atoms with Crippen LogP contribution < -0.4 is 20.9 Å². The summed E-state index contributed by atoms with van der Waals surface area (Å²) in [7, 11) is 0. The van der Waals surface area contributed by atoms with Gasteiger partial charge in [0.25, 0.3) is 5.91 Å². The quantitative estimate of drug-likeness (QED) is 0.407. The molecular formula is C18H19N3O4S. The Morgan fingerprint density at radius 1 is 1.19 bits per heavy atom. The zero-order valence-electron chi connectivity index (χ0n) is 14.2. The molecule has 136 valence electrons. The van der Waals surface area contributed by atoms with Gasteiger partial charge in [-0.25, -0.2) is 0 Å². The molecule has 2 amide bonds. The highest BCUT2D eigenvalue weighted by Gasteiger charge is 2.05. The van der Waals surface area contributed by atoms with Crippen molar-refractivity contribution in [3.63, 3.8) is 0 Å². The van der Waals surface area contributed by atoms with Gasteiger partial charge in [-0.05, 0) is 54.5 Å². The fraction of sp³-hybridized carbons (Fsp3) is 0.167. The lowest BCUT2D eigenvalue weighted by molar-refractivity contribution is -0.123. The van der Waals surface area contributed by atoms with Gasteiger partial charge in [-0.2, -0.15) is 0 Å². The number of rotatable bonds is 6. The van der Waals surface area contributed by atoms with Crippen LogP contribution in [0.15, 0.2) is 53.2 Å². The molecule has 0 saturated heterocycles. The summed E-state index contributed by atoms with van der Waals surface area (Å²) >= 11 is 4.91. The Kier molecular flexibility index (Phi) is 7.38. The van der Waals surface area contributed by atoms with Crippen LogP contribution in [-0.4, -0.2) is 23.5 Å². The minimum absolute atomic E-state index is 0.0419. The number of carbonyl (C=O) groups excluding carboxylic acids is 2. The standard InChI is InChI=1S/C18H19N3O4S/c1-2-13-5-7-15(8-6-13)25-12-17(23)20-21-18(26)19-16(22)10-9-14-4-3-11-24-14/h3-11H,2,12H2,1H3,(H,20,23)(H2,19,21,22,26). The summed E-state index contributed by atoms with van der Waals surface area (Å²) in [6.45, 7) is 1.87. The maximum absolute atomic E-state index is 11.7. The Labute approximate surface area is 156 Å². The molecule has 2 rings (SSSR count). The van der Waals surface area contributed by atoms with Crippen molar-refractivity contribution in [3.8, 4) is 5.75 Å². The SMILES string of the molecule is CCc1ccc(OCC(=O)NNC(=S)NC(=O)C=Cc2ccco2)cc1. The summed E-state index contributed by atoms with van der Waals surface area (Å²) in [5.41, 5.74) is 5.95. The Hall–Kier alpha value is -3.13. The van der Waals surface area contributed by atoms with Crippen molar-refractivity contribution < 1.29 is 18.7 Å². The average Bonchev–Trinajstić information content (AvgIpc) is 3.17. The fourth-order valence-corrected chi connectivity index (χ4v) is 2.01. The first-order valence-electron chi connectivity index (χ1n) is 7.90. The number of hydrogen-bond acceptors (Lipinski definition) is 5. The van der Waals surface area contributed by atoms with Crippen LogP contribution in [0.2, 0.25) is 0 Å². The monoisotopic (exact) mass is 373 g/mol.